The lowest BCUT2D eigenvalue weighted by Crippen LogP contribution is -2.40. The molecule has 2 aromatic rings. The summed E-state index contributed by atoms with van der Waals surface area (Å²) in [6.07, 6.45) is 0.654. The third kappa shape index (κ3) is 4.77. The van der Waals surface area contributed by atoms with Crippen LogP contribution < -0.4 is 10.0 Å². The molecule has 0 aliphatic rings. The maximum atomic E-state index is 12.8. The van der Waals surface area contributed by atoms with Gasteiger partial charge in [0.05, 0.1) is 0 Å². The van der Waals surface area contributed by atoms with Crippen molar-refractivity contribution in [3.8, 4) is 0 Å². The average molecular weight is 332 g/mol. The number of pyridine rings is 1. The molecular weight excluding hydrogens is 315 g/mol. The Morgan fingerprint density at radius 3 is 2.62 bits per heavy atom. The highest BCUT2D eigenvalue weighted by atomic mass is 19.1. The van der Waals surface area contributed by atoms with Crippen LogP contribution in [0.1, 0.15) is 23.0 Å². The molecule has 0 saturated heterocycles. The summed E-state index contributed by atoms with van der Waals surface area (Å²) in [5.41, 5.74) is 0.682. The van der Waals surface area contributed by atoms with E-state index in [1.54, 1.807) is 12.1 Å². The van der Waals surface area contributed by atoms with Gasteiger partial charge in [-0.2, -0.15) is 4.73 Å². The summed E-state index contributed by atoms with van der Waals surface area (Å²) >= 11 is 0. The Morgan fingerprint density at radius 2 is 1.96 bits per heavy atom. The zero-order valence-corrected chi connectivity index (χ0v) is 13.1. The fraction of sp³-hybridized carbons (Fsp3) is 0.235. The summed E-state index contributed by atoms with van der Waals surface area (Å²) in [4.78, 5) is 23.8. The van der Waals surface area contributed by atoms with Crippen LogP contribution >= 0.6 is 0 Å². The lowest BCUT2D eigenvalue weighted by Gasteiger charge is -2.13. The van der Waals surface area contributed by atoms with Crippen LogP contribution in [0.15, 0.2) is 48.7 Å². The second kappa shape index (κ2) is 8.05. The molecule has 0 unspecified atom stereocenters. The Bertz CT molecular complexity index is 719. The number of hydrogen-bond donors (Lipinski definition) is 1. The standard InChI is InChI=1S/C17H17FN2O4/c1-12(24-17(22)15-4-2-3-11-20(15)23)16(21)19-10-9-13-5-7-14(18)8-6-13/h2-8,11-12H,9-10H2,1H3,(H,19,21)/t12-/m1/s1. The first kappa shape index (κ1) is 17.4. The van der Waals surface area contributed by atoms with Crippen molar-refractivity contribution in [1.29, 1.82) is 0 Å². The topological polar surface area (TPSA) is 82.3 Å². The highest BCUT2D eigenvalue weighted by Crippen LogP contribution is 2.03. The van der Waals surface area contributed by atoms with Crippen molar-refractivity contribution in [3.63, 3.8) is 0 Å². The number of rotatable bonds is 6. The Labute approximate surface area is 138 Å². The van der Waals surface area contributed by atoms with Crippen LogP contribution in [0.25, 0.3) is 0 Å². The summed E-state index contributed by atoms with van der Waals surface area (Å²) in [6, 6.07) is 10.3. The number of ether oxygens (including phenoxy) is 1. The lowest BCUT2D eigenvalue weighted by atomic mass is 10.1. The first-order chi connectivity index (χ1) is 11.5. The van der Waals surface area contributed by atoms with E-state index in [-0.39, 0.29) is 11.5 Å². The van der Waals surface area contributed by atoms with E-state index in [0.29, 0.717) is 17.7 Å². The molecular formula is C17H17FN2O4. The molecule has 1 aromatic carbocycles. The summed E-state index contributed by atoms with van der Waals surface area (Å²) < 4.78 is 18.1. The van der Waals surface area contributed by atoms with Gasteiger partial charge >= 0.3 is 11.7 Å². The normalized spacial score (nSPS) is 11.6. The number of nitrogens with zero attached hydrogens (tertiary/aromatic N) is 1. The van der Waals surface area contributed by atoms with Gasteiger partial charge in [-0.1, -0.05) is 12.1 Å². The molecule has 0 aliphatic heterocycles. The van der Waals surface area contributed by atoms with Crippen molar-refractivity contribution in [2.75, 3.05) is 6.54 Å². The molecule has 1 N–H and O–H groups in total. The predicted molar refractivity (Wildman–Crippen MR) is 83.4 cm³/mol. The SMILES string of the molecule is C[C@@H](OC(=O)c1cccc[n+]1[O-])C(=O)NCCc1ccc(F)cc1. The molecule has 0 aliphatic carbocycles. The average Bonchev–Trinajstić information content (AvgIpc) is 2.56. The number of carbonyl (C=O) groups excluding carboxylic acids is 2. The maximum absolute atomic E-state index is 12.8. The van der Waals surface area contributed by atoms with Crippen LogP contribution in [-0.4, -0.2) is 24.5 Å². The molecule has 1 aromatic heterocycles. The number of amides is 1. The molecule has 6 nitrogen and oxygen atoms in total. The zero-order valence-electron chi connectivity index (χ0n) is 13.1. The lowest BCUT2D eigenvalue weighted by molar-refractivity contribution is -0.608. The van der Waals surface area contributed by atoms with Gasteiger partial charge in [0, 0.05) is 18.7 Å². The Hall–Kier alpha value is -2.96. The number of halogens is 1. The molecule has 24 heavy (non-hydrogen) atoms. The van der Waals surface area contributed by atoms with Gasteiger partial charge in [-0.3, -0.25) is 4.79 Å². The van der Waals surface area contributed by atoms with E-state index in [4.69, 9.17) is 4.74 Å². The van der Waals surface area contributed by atoms with Crippen LogP contribution in [0.5, 0.6) is 0 Å². The maximum Gasteiger partial charge on any atom is 0.405 e. The number of carbonyl (C=O) groups is 2. The number of hydrogen-bond acceptors (Lipinski definition) is 4. The summed E-state index contributed by atoms with van der Waals surface area (Å²) in [7, 11) is 0. The molecule has 1 atom stereocenters. The van der Waals surface area contributed by atoms with E-state index < -0.39 is 18.0 Å². The van der Waals surface area contributed by atoms with Gasteiger partial charge in [0.2, 0.25) is 0 Å². The molecule has 1 amide bonds. The van der Waals surface area contributed by atoms with Gasteiger partial charge in [0.25, 0.3) is 5.91 Å². The summed E-state index contributed by atoms with van der Waals surface area (Å²) in [5, 5.41) is 14.1. The first-order valence-electron chi connectivity index (χ1n) is 7.38. The monoisotopic (exact) mass is 332 g/mol. The minimum Gasteiger partial charge on any atom is -0.618 e. The predicted octanol–water partition coefficient (Wildman–Crippen LogP) is 1.36. The molecule has 0 fully saturated rings. The highest BCUT2D eigenvalue weighted by Gasteiger charge is 2.23. The number of benzene rings is 1. The molecule has 126 valence electrons. The number of esters is 1. The first-order valence-corrected chi connectivity index (χ1v) is 7.38. The largest absolute Gasteiger partial charge is 0.618 e. The van der Waals surface area contributed by atoms with Gasteiger partial charge in [0.15, 0.2) is 12.3 Å². The minimum absolute atomic E-state index is 0.191. The Morgan fingerprint density at radius 1 is 1.25 bits per heavy atom. The van der Waals surface area contributed by atoms with Gasteiger partial charge in [-0.15, -0.1) is 0 Å². The third-order valence-electron chi connectivity index (χ3n) is 3.31. The summed E-state index contributed by atoms with van der Waals surface area (Å²) in [5.74, 6) is -1.66. The van der Waals surface area contributed by atoms with E-state index in [9.17, 15) is 19.2 Å². The minimum atomic E-state index is -1.04. The second-order valence-electron chi connectivity index (χ2n) is 5.13. The molecule has 2 rings (SSSR count). The molecule has 0 bridgehead atoms. The van der Waals surface area contributed by atoms with Gasteiger partial charge < -0.3 is 15.3 Å². The second-order valence-corrected chi connectivity index (χ2v) is 5.13. The molecule has 0 spiro atoms. The Balaban J connectivity index is 1.80. The van der Waals surface area contributed by atoms with Crippen LogP contribution in [0, 0.1) is 11.0 Å². The smallest absolute Gasteiger partial charge is 0.405 e. The third-order valence-corrected chi connectivity index (χ3v) is 3.31. The van der Waals surface area contributed by atoms with Crippen LogP contribution in [-0.2, 0) is 16.0 Å². The van der Waals surface area contributed by atoms with Gasteiger partial charge in [0.1, 0.15) is 5.82 Å². The van der Waals surface area contributed by atoms with Crippen molar-refractivity contribution in [3.05, 3.63) is 70.9 Å². The molecule has 0 radical (unpaired) electrons. The fourth-order valence-electron chi connectivity index (χ4n) is 1.99. The van der Waals surface area contributed by atoms with Crippen molar-refractivity contribution < 1.29 is 23.4 Å². The fourth-order valence-corrected chi connectivity index (χ4v) is 1.99. The Kier molecular flexibility index (Phi) is 5.83. The van der Waals surface area contributed by atoms with E-state index in [0.717, 1.165) is 5.56 Å². The number of aromatic nitrogens is 1. The van der Waals surface area contributed by atoms with Crippen LogP contribution in [0.2, 0.25) is 0 Å². The van der Waals surface area contributed by atoms with E-state index in [1.165, 1.54) is 43.5 Å². The van der Waals surface area contributed by atoms with Crippen LogP contribution in [0.3, 0.4) is 0 Å². The zero-order chi connectivity index (χ0) is 17.5. The van der Waals surface area contributed by atoms with Crippen molar-refractivity contribution in [2.24, 2.45) is 0 Å². The van der Waals surface area contributed by atoms with Crippen molar-refractivity contribution in [1.82, 2.24) is 5.32 Å². The van der Waals surface area contributed by atoms with E-state index >= 15 is 0 Å². The summed E-state index contributed by atoms with van der Waals surface area (Å²) in [6.45, 7) is 1.74. The molecule has 1 heterocycles. The highest BCUT2D eigenvalue weighted by molar-refractivity contribution is 5.89. The van der Waals surface area contributed by atoms with Crippen LogP contribution in [0.4, 0.5) is 4.39 Å². The van der Waals surface area contributed by atoms with Crippen molar-refractivity contribution in [2.45, 2.75) is 19.4 Å². The van der Waals surface area contributed by atoms with E-state index in [2.05, 4.69) is 5.32 Å². The number of nitrogens with one attached hydrogen (secondary N) is 1. The van der Waals surface area contributed by atoms with Gasteiger partial charge in [-0.25, -0.2) is 9.18 Å². The van der Waals surface area contributed by atoms with Gasteiger partial charge in [-0.05, 0) is 37.1 Å². The van der Waals surface area contributed by atoms with E-state index in [1.807, 2.05) is 0 Å². The molecule has 0 saturated carbocycles. The molecule has 7 heteroatoms. The van der Waals surface area contributed by atoms with Crippen molar-refractivity contribution >= 4 is 11.9 Å². The quantitative estimate of drug-likeness (QED) is 0.492.